The number of benzene rings is 2. The van der Waals surface area contributed by atoms with E-state index in [0.717, 1.165) is 43.0 Å². The van der Waals surface area contributed by atoms with Gasteiger partial charge in [0.15, 0.2) is 0 Å². The second kappa shape index (κ2) is 9.51. The van der Waals surface area contributed by atoms with Crippen LogP contribution in [0.3, 0.4) is 0 Å². The normalized spacial score (nSPS) is 19.1. The van der Waals surface area contributed by atoms with Crippen molar-refractivity contribution in [3.63, 3.8) is 0 Å². The zero-order valence-corrected chi connectivity index (χ0v) is 19.6. The molecular formula is C22H26N4O4S2. The van der Waals surface area contributed by atoms with Gasteiger partial charge in [-0.1, -0.05) is 12.1 Å². The molecule has 0 atom stereocenters. The summed E-state index contributed by atoms with van der Waals surface area (Å²) in [6.07, 6.45) is 3.01. The number of fused-ring (bicyclic) bond motifs is 1. The molecule has 32 heavy (non-hydrogen) atoms. The molecule has 0 unspecified atom stereocenters. The molecule has 170 valence electrons. The third-order valence-electron chi connectivity index (χ3n) is 5.93. The number of amides is 1. The number of methoxy groups -OCH3 is 1. The van der Waals surface area contributed by atoms with E-state index >= 15 is 0 Å². The molecular weight excluding hydrogens is 448 g/mol. The molecule has 4 rings (SSSR count). The number of anilines is 1. The van der Waals surface area contributed by atoms with Gasteiger partial charge in [0.05, 0.1) is 24.5 Å². The molecule has 1 aliphatic carbocycles. The van der Waals surface area contributed by atoms with E-state index in [0.29, 0.717) is 29.0 Å². The quantitative estimate of drug-likeness (QED) is 0.540. The Morgan fingerprint density at radius 1 is 1.16 bits per heavy atom. The molecule has 1 aromatic heterocycles. The van der Waals surface area contributed by atoms with E-state index in [1.165, 1.54) is 0 Å². The van der Waals surface area contributed by atoms with Crippen molar-refractivity contribution in [1.29, 1.82) is 0 Å². The van der Waals surface area contributed by atoms with E-state index in [1.54, 1.807) is 25.3 Å². The summed E-state index contributed by atoms with van der Waals surface area (Å²) in [4.78, 5) is 12.9. The second-order valence-corrected chi connectivity index (χ2v) is 10.4. The molecule has 10 heteroatoms. The highest BCUT2D eigenvalue weighted by molar-refractivity contribution is 7.89. The van der Waals surface area contributed by atoms with Gasteiger partial charge in [-0.05, 0) is 68.4 Å². The first-order valence-corrected chi connectivity index (χ1v) is 12.7. The third kappa shape index (κ3) is 4.92. The van der Waals surface area contributed by atoms with Crippen LogP contribution in [-0.4, -0.2) is 36.7 Å². The Kier molecular flexibility index (Phi) is 6.73. The monoisotopic (exact) mass is 474 g/mol. The van der Waals surface area contributed by atoms with Crippen LogP contribution in [0.4, 0.5) is 5.69 Å². The molecule has 0 saturated heterocycles. The molecule has 3 aromatic rings. The minimum absolute atomic E-state index is 0.0179. The molecule has 0 radical (unpaired) electrons. The molecule has 0 bridgehead atoms. The molecule has 8 nitrogen and oxygen atoms in total. The van der Waals surface area contributed by atoms with Crippen molar-refractivity contribution >= 4 is 44.4 Å². The van der Waals surface area contributed by atoms with E-state index in [1.807, 2.05) is 25.1 Å². The van der Waals surface area contributed by atoms with Crippen molar-refractivity contribution in [2.45, 2.75) is 37.5 Å². The number of sulfonamides is 1. The third-order valence-corrected chi connectivity index (χ3v) is 7.93. The number of hydrogen-bond donors (Lipinski definition) is 2. The Morgan fingerprint density at radius 2 is 1.94 bits per heavy atom. The van der Waals surface area contributed by atoms with E-state index in [2.05, 4.69) is 18.8 Å². The number of carbonyl (C=O) groups is 1. The van der Waals surface area contributed by atoms with E-state index in [4.69, 9.17) is 4.74 Å². The molecule has 1 heterocycles. The SMILES string of the molecule is COc1ccc(C)cc1NC(=O)C1CCC(CNS(=O)(=O)c2cccc3nsnc23)CC1. The fraction of sp³-hybridized carbons (Fsp3) is 0.409. The lowest BCUT2D eigenvalue weighted by molar-refractivity contribution is -0.121. The Labute approximate surface area is 191 Å². The Balaban J connectivity index is 1.32. The summed E-state index contributed by atoms with van der Waals surface area (Å²) in [5.41, 5.74) is 2.70. The highest BCUT2D eigenvalue weighted by Gasteiger charge is 2.28. The fourth-order valence-corrected chi connectivity index (χ4v) is 5.97. The average Bonchev–Trinajstić information content (AvgIpc) is 3.27. The van der Waals surface area contributed by atoms with Gasteiger partial charge in [-0.2, -0.15) is 8.75 Å². The predicted molar refractivity (Wildman–Crippen MR) is 124 cm³/mol. The minimum Gasteiger partial charge on any atom is -0.495 e. The number of aryl methyl sites for hydroxylation is 1. The van der Waals surface area contributed by atoms with E-state index < -0.39 is 10.0 Å². The van der Waals surface area contributed by atoms with Crippen molar-refractivity contribution in [1.82, 2.24) is 13.5 Å². The van der Waals surface area contributed by atoms with Gasteiger partial charge < -0.3 is 10.1 Å². The number of nitrogens with zero attached hydrogens (tertiary/aromatic N) is 2. The lowest BCUT2D eigenvalue weighted by Crippen LogP contribution is -2.33. The summed E-state index contributed by atoms with van der Waals surface area (Å²) in [6.45, 7) is 2.31. The van der Waals surface area contributed by atoms with Crippen molar-refractivity contribution in [2.24, 2.45) is 11.8 Å². The van der Waals surface area contributed by atoms with Gasteiger partial charge in [0.25, 0.3) is 0 Å². The molecule has 1 aliphatic rings. The molecule has 1 fully saturated rings. The van der Waals surface area contributed by atoms with Crippen molar-refractivity contribution in [2.75, 3.05) is 19.0 Å². The van der Waals surface area contributed by atoms with Gasteiger partial charge in [0, 0.05) is 12.5 Å². The van der Waals surface area contributed by atoms with Crippen LogP contribution in [0.25, 0.3) is 11.0 Å². The van der Waals surface area contributed by atoms with Crippen molar-refractivity contribution in [3.8, 4) is 5.75 Å². The number of ether oxygens (including phenoxy) is 1. The number of nitrogens with one attached hydrogen (secondary N) is 2. The zero-order valence-electron chi connectivity index (χ0n) is 18.0. The number of hydrogen-bond acceptors (Lipinski definition) is 7. The molecule has 1 amide bonds. The maximum Gasteiger partial charge on any atom is 0.242 e. The minimum atomic E-state index is -3.68. The second-order valence-electron chi connectivity index (χ2n) is 8.15. The standard InChI is InChI=1S/C22H26N4O4S2/c1-14-6-11-19(30-2)18(12-14)24-22(27)16-9-7-15(8-10-16)13-23-32(28,29)20-5-3-4-17-21(20)26-31-25-17/h3-6,11-12,15-16,23H,7-10,13H2,1-2H3,(H,24,27). The average molecular weight is 475 g/mol. The summed E-state index contributed by atoms with van der Waals surface area (Å²) in [5.74, 6) is 0.714. The van der Waals surface area contributed by atoms with Crippen LogP contribution in [0.5, 0.6) is 5.75 Å². The number of aromatic nitrogens is 2. The lowest BCUT2D eigenvalue weighted by atomic mass is 9.81. The Bertz CT molecular complexity index is 1220. The van der Waals surface area contributed by atoms with Gasteiger partial charge in [0.2, 0.25) is 15.9 Å². The maximum atomic E-state index is 12.8. The van der Waals surface area contributed by atoms with E-state index in [-0.39, 0.29) is 22.6 Å². The first-order valence-electron chi connectivity index (χ1n) is 10.5. The number of carbonyl (C=O) groups excluding carboxylic acids is 1. The highest BCUT2D eigenvalue weighted by Crippen LogP contribution is 2.32. The smallest absolute Gasteiger partial charge is 0.242 e. The van der Waals surface area contributed by atoms with Crippen molar-refractivity contribution in [3.05, 3.63) is 42.0 Å². The van der Waals surface area contributed by atoms with Gasteiger partial charge in [-0.25, -0.2) is 13.1 Å². The van der Waals surface area contributed by atoms with Gasteiger partial charge in [-0.3, -0.25) is 4.79 Å². The summed E-state index contributed by atoms with van der Waals surface area (Å²) in [7, 11) is -2.10. The van der Waals surface area contributed by atoms with Gasteiger partial charge >= 0.3 is 0 Å². The summed E-state index contributed by atoms with van der Waals surface area (Å²) >= 11 is 0.998. The topological polar surface area (TPSA) is 110 Å². The molecule has 2 aromatic carbocycles. The van der Waals surface area contributed by atoms with E-state index in [9.17, 15) is 13.2 Å². The highest BCUT2D eigenvalue weighted by atomic mass is 32.2. The first-order chi connectivity index (χ1) is 15.4. The van der Waals surface area contributed by atoms with Gasteiger partial charge in [0.1, 0.15) is 21.7 Å². The fourth-order valence-electron chi connectivity index (χ4n) is 4.09. The Morgan fingerprint density at radius 3 is 2.69 bits per heavy atom. The molecule has 0 spiro atoms. The first kappa shape index (κ1) is 22.6. The van der Waals surface area contributed by atoms with Gasteiger partial charge in [-0.15, -0.1) is 0 Å². The van der Waals surface area contributed by atoms with Crippen LogP contribution in [0.15, 0.2) is 41.3 Å². The summed E-state index contributed by atoms with van der Waals surface area (Å²) in [6, 6.07) is 10.6. The Hall–Kier alpha value is -2.56. The van der Waals surface area contributed by atoms with Crippen LogP contribution in [0, 0.1) is 18.8 Å². The van der Waals surface area contributed by atoms with Crippen molar-refractivity contribution < 1.29 is 17.9 Å². The predicted octanol–water partition coefficient (Wildman–Crippen LogP) is 3.73. The zero-order chi connectivity index (χ0) is 22.7. The lowest BCUT2D eigenvalue weighted by Gasteiger charge is -2.28. The molecule has 1 saturated carbocycles. The van der Waals surface area contributed by atoms with Crippen LogP contribution < -0.4 is 14.8 Å². The van der Waals surface area contributed by atoms with Crippen LogP contribution in [0.1, 0.15) is 31.2 Å². The van der Waals surface area contributed by atoms with Crippen LogP contribution in [-0.2, 0) is 14.8 Å². The number of rotatable bonds is 7. The largest absolute Gasteiger partial charge is 0.495 e. The molecule has 0 aliphatic heterocycles. The summed E-state index contributed by atoms with van der Waals surface area (Å²) < 4.78 is 41.9. The summed E-state index contributed by atoms with van der Waals surface area (Å²) in [5, 5.41) is 2.99. The van der Waals surface area contributed by atoms with Crippen LogP contribution in [0.2, 0.25) is 0 Å². The molecule has 2 N–H and O–H groups in total. The maximum absolute atomic E-state index is 12.8. The van der Waals surface area contributed by atoms with Crippen LogP contribution >= 0.6 is 11.7 Å².